The fraction of sp³-hybridized carbons (Fsp3) is 0.588. The fourth-order valence-electron chi connectivity index (χ4n) is 4.91. The maximum Gasteiger partial charge on any atom is 0.437 e. The Morgan fingerprint density at radius 2 is 1.20 bits per heavy atom. The van der Waals surface area contributed by atoms with Gasteiger partial charge in [0, 0.05) is 29.7 Å². The molecule has 0 bridgehead atoms. The van der Waals surface area contributed by atoms with Crippen molar-refractivity contribution in [1.29, 1.82) is 0 Å². The molecule has 2 aromatic carbocycles. The van der Waals surface area contributed by atoms with E-state index >= 15 is 0 Å². The molecule has 0 amide bonds. The molecular formula is C34H47BrF6N4O5. The molecule has 0 spiro atoms. The second kappa shape index (κ2) is 22.0. The topological polar surface area (TPSA) is 118 Å². The number of alkyl halides is 7. The van der Waals surface area contributed by atoms with E-state index in [1.807, 2.05) is 20.9 Å². The number of rotatable bonds is 13. The Bertz CT molecular complexity index is 1530. The van der Waals surface area contributed by atoms with Crippen LogP contribution in [0.25, 0.3) is 21.9 Å². The van der Waals surface area contributed by atoms with Crippen LogP contribution in [-0.4, -0.2) is 62.7 Å². The number of hydrogen-bond acceptors (Lipinski definition) is 9. The molecule has 4 aromatic rings. The molecule has 3 heterocycles. The zero-order valence-corrected chi connectivity index (χ0v) is 30.5. The molecule has 0 atom stereocenters. The standard InChI is InChI=1S/C15H19F3N2O2.C14H15BrF3NO2.C4H8O.CH5N/c1-3-5-10-12(21-9-4-8-19-2)7-6-11-13(10)22-20-14(11)15(16,17)18;1-2-4-9-11(20-8-3-7-15)6-5-10-12(9)21-19-13(10)14(16,17)18;1-2-4-5-3-1;1-2/h6-7,19H,3-5,8-9H2,1-2H3;5-6H,2-4,7-8H2,1H3;1-4H2;2H2,1H3. The average molecular weight is 786 g/mol. The van der Waals surface area contributed by atoms with Gasteiger partial charge in [-0.05, 0) is 83.4 Å². The van der Waals surface area contributed by atoms with E-state index in [4.69, 9.17) is 23.3 Å². The smallest absolute Gasteiger partial charge is 0.437 e. The van der Waals surface area contributed by atoms with Gasteiger partial charge in [0.2, 0.25) is 0 Å². The van der Waals surface area contributed by atoms with Crippen molar-refractivity contribution >= 4 is 37.9 Å². The lowest BCUT2D eigenvalue weighted by molar-refractivity contribution is -0.142. The number of aromatic nitrogens is 2. The normalized spacial score (nSPS) is 12.9. The van der Waals surface area contributed by atoms with Gasteiger partial charge in [0.05, 0.1) is 24.0 Å². The molecule has 50 heavy (non-hydrogen) atoms. The Balaban J connectivity index is 0.000000291. The lowest BCUT2D eigenvalue weighted by Crippen LogP contribution is -2.12. The Kier molecular flexibility index (Phi) is 18.9. The molecule has 1 saturated heterocycles. The molecule has 282 valence electrons. The van der Waals surface area contributed by atoms with Crippen LogP contribution in [0.5, 0.6) is 11.5 Å². The number of hydrogen-bond donors (Lipinski definition) is 2. The van der Waals surface area contributed by atoms with Crippen molar-refractivity contribution in [2.75, 3.05) is 52.4 Å². The molecule has 3 N–H and O–H groups in total. The van der Waals surface area contributed by atoms with Crippen LogP contribution in [0.1, 0.15) is 74.9 Å². The van der Waals surface area contributed by atoms with Gasteiger partial charge < -0.3 is 34.3 Å². The minimum Gasteiger partial charge on any atom is -0.493 e. The molecule has 0 unspecified atom stereocenters. The van der Waals surface area contributed by atoms with Crippen molar-refractivity contribution in [1.82, 2.24) is 15.6 Å². The summed E-state index contributed by atoms with van der Waals surface area (Å²) in [4.78, 5) is 0. The predicted octanol–water partition coefficient (Wildman–Crippen LogP) is 9.12. The number of benzene rings is 2. The molecule has 1 aliphatic rings. The van der Waals surface area contributed by atoms with Gasteiger partial charge in [-0.3, -0.25) is 0 Å². The highest BCUT2D eigenvalue weighted by Crippen LogP contribution is 2.39. The zero-order chi connectivity index (χ0) is 37.2. The summed E-state index contributed by atoms with van der Waals surface area (Å²) in [5, 5.41) is 10.2. The van der Waals surface area contributed by atoms with Gasteiger partial charge in [0.15, 0.2) is 22.6 Å². The molecule has 9 nitrogen and oxygen atoms in total. The third-order valence-electron chi connectivity index (χ3n) is 7.13. The Morgan fingerprint density at radius 1 is 0.760 bits per heavy atom. The first-order valence-corrected chi connectivity index (χ1v) is 17.7. The van der Waals surface area contributed by atoms with Crippen molar-refractivity contribution in [3.05, 3.63) is 46.8 Å². The van der Waals surface area contributed by atoms with Crippen molar-refractivity contribution in [2.24, 2.45) is 5.73 Å². The van der Waals surface area contributed by atoms with Gasteiger partial charge in [0.25, 0.3) is 0 Å². The van der Waals surface area contributed by atoms with Crippen molar-refractivity contribution in [3.8, 4) is 11.5 Å². The van der Waals surface area contributed by atoms with E-state index in [1.165, 1.54) is 32.0 Å². The van der Waals surface area contributed by atoms with E-state index in [2.05, 4.69) is 37.3 Å². The minimum absolute atomic E-state index is 0.0150. The molecule has 0 aliphatic carbocycles. The number of ether oxygens (including phenoxy) is 3. The summed E-state index contributed by atoms with van der Waals surface area (Å²) in [5.41, 5.74) is 4.16. The summed E-state index contributed by atoms with van der Waals surface area (Å²) in [6.07, 6.45) is -2.17. The predicted molar refractivity (Wildman–Crippen MR) is 184 cm³/mol. The van der Waals surface area contributed by atoms with Crippen LogP contribution in [0.3, 0.4) is 0 Å². The average Bonchev–Trinajstić information content (AvgIpc) is 3.88. The number of halogens is 7. The maximum atomic E-state index is 12.9. The molecule has 16 heteroatoms. The lowest BCUT2D eigenvalue weighted by Gasteiger charge is -2.11. The van der Waals surface area contributed by atoms with Gasteiger partial charge in [-0.15, -0.1) is 0 Å². The molecule has 0 radical (unpaired) electrons. The first-order chi connectivity index (χ1) is 24.0. The van der Waals surface area contributed by atoms with Crippen LogP contribution in [0.2, 0.25) is 0 Å². The number of nitrogens with zero attached hydrogens (tertiary/aromatic N) is 2. The van der Waals surface area contributed by atoms with Crippen molar-refractivity contribution in [3.63, 3.8) is 0 Å². The quantitative estimate of drug-likeness (QED) is 0.0778. The largest absolute Gasteiger partial charge is 0.493 e. The summed E-state index contributed by atoms with van der Waals surface area (Å²) in [7, 11) is 3.35. The van der Waals surface area contributed by atoms with Crippen LogP contribution in [-0.2, 0) is 29.9 Å². The second-order valence-corrected chi connectivity index (χ2v) is 11.7. The number of nitrogens with one attached hydrogen (secondary N) is 1. The molecule has 5 rings (SSSR count). The highest BCUT2D eigenvalue weighted by atomic mass is 79.9. The molecule has 1 fully saturated rings. The van der Waals surface area contributed by atoms with E-state index in [9.17, 15) is 26.3 Å². The molecule has 1 aliphatic heterocycles. The van der Waals surface area contributed by atoms with Gasteiger partial charge in [-0.25, -0.2) is 0 Å². The molecular weight excluding hydrogens is 738 g/mol. The minimum atomic E-state index is -4.52. The first kappa shape index (κ1) is 43.1. The van der Waals surface area contributed by atoms with E-state index in [1.54, 1.807) is 12.1 Å². The number of nitrogens with two attached hydrogens (primary N) is 1. The Hall–Kier alpha value is -3.08. The molecule has 0 saturated carbocycles. The summed E-state index contributed by atoms with van der Waals surface area (Å²) >= 11 is 3.30. The van der Waals surface area contributed by atoms with Crippen LogP contribution < -0.4 is 20.5 Å². The van der Waals surface area contributed by atoms with E-state index in [-0.39, 0.29) is 21.9 Å². The summed E-state index contributed by atoms with van der Waals surface area (Å²) < 4.78 is 103. The maximum absolute atomic E-state index is 12.9. The van der Waals surface area contributed by atoms with Crippen LogP contribution in [0, 0.1) is 0 Å². The third kappa shape index (κ3) is 12.6. The van der Waals surface area contributed by atoms with Crippen LogP contribution in [0.15, 0.2) is 33.3 Å². The number of fused-ring (bicyclic) bond motifs is 2. The van der Waals surface area contributed by atoms with Gasteiger partial charge in [0.1, 0.15) is 11.5 Å². The highest BCUT2D eigenvalue weighted by molar-refractivity contribution is 9.09. The van der Waals surface area contributed by atoms with Crippen molar-refractivity contribution < 1.29 is 49.6 Å². The SMILES string of the molecule is C1CCOC1.CCCc1c(OCCCBr)ccc2c(C(F)(F)F)noc12.CCCc1c(OCCCNC)ccc2c(C(F)(F)F)noc12.CN. The van der Waals surface area contributed by atoms with Gasteiger partial charge >= 0.3 is 12.4 Å². The lowest BCUT2D eigenvalue weighted by atomic mass is 10.0. The highest BCUT2D eigenvalue weighted by Gasteiger charge is 2.38. The van der Waals surface area contributed by atoms with Gasteiger partial charge in [-0.1, -0.05) is 52.9 Å². The first-order valence-electron chi connectivity index (χ1n) is 16.6. The van der Waals surface area contributed by atoms with E-state index < -0.39 is 23.7 Å². The van der Waals surface area contributed by atoms with Gasteiger partial charge in [-0.2, -0.15) is 26.3 Å². The Morgan fingerprint density at radius 3 is 1.54 bits per heavy atom. The molecule has 2 aromatic heterocycles. The van der Waals surface area contributed by atoms with Crippen molar-refractivity contribution in [2.45, 2.75) is 77.6 Å². The Labute approximate surface area is 296 Å². The fourth-order valence-corrected chi connectivity index (χ4v) is 5.14. The van der Waals surface area contributed by atoms with E-state index in [0.717, 1.165) is 50.8 Å². The van der Waals surface area contributed by atoms with Crippen LogP contribution in [0.4, 0.5) is 26.3 Å². The monoisotopic (exact) mass is 784 g/mol. The second-order valence-electron chi connectivity index (χ2n) is 10.9. The summed E-state index contributed by atoms with van der Waals surface area (Å²) in [6.45, 7) is 7.69. The van der Waals surface area contributed by atoms with E-state index in [0.29, 0.717) is 48.7 Å². The summed E-state index contributed by atoms with van der Waals surface area (Å²) in [5.74, 6) is 1.13. The number of aryl methyl sites for hydroxylation is 2. The zero-order valence-electron chi connectivity index (χ0n) is 28.9. The third-order valence-corrected chi connectivity index (χ3v) is 7.69. The van der Waals surface area contributed by atoms with Crippen LogP contribution >= 0.6 is 15.9 Å². The summed E-state index contributed by atoms with van der Waals surface area (Å²) in [6, 6.07) is 5.85.